The van der Waals surface area contributed by atoms with Gasteiger partial charge in [-0.3, -0.25) is 4.79 Å². The number of rotatable bonds is 5. The van der Waals surface area contributed by atoms with Crippen molar-refractivity contribution in [1.29, 1.82) is 0 Å². The highest BCUT2D eigenvalue weighted by atomic mass is 16.2. The Balaban J connectivity index is 1.63. The minimum absolute atomic E-state index is 0.176. The molecular formula is C22H23N3O. The van der Waals surface area contributed by atoms with E-state index in [1.807, 2.05) is 75.4 Å². The van der Waals surface area contributed by atoms with E-state index < -0.39 is 6.04 Å². The van der Waals surface area contributed by atoms with Crippen molar-refractivity contribution in [2.45, 2.75) is 26.8 Å². The van der Waals surface area contributed by atoms with Crippen molar-refractivity contribution in [3.8, 4) is 0 Å². The number of nitrogens with zero attached hydrogens (tertiary/aromatic N) is 1. The van der Waals surface area contributed by atoms with Crippen LogP contribution in [0.4, 0.5) is 5.69 Å². The molecule has 0 fully saturated rings. The summed E-state index contributed by atoms with van der Waals surface area (Å²) < 4.78 is 0. The van der Waals surface area contributed by atoms with E-state index >= 15 is 0 Å². The normalized spacial score (nSPS) is 12.7. The Bertz CT molecular complexity index is 945. The second kappa shape index (κ2) is 7.83. The summed E-state index contributed by atoms with van der Waals surface area (Å²) >= 11 is 0. The molecule has 3 rings (SSSR count). The number of benzene rings is 3. The van der Waals surface area contributed by atoms with Gasteiger partial charge in [0.1, 0.15) is 6.04 Å². The molecule has 3 aromatic rings. The fourth-order valence-corrected chi connectivity index (χ4v) is 2.69. The smallest absolute Gasteiger partial charge is 0.262 e. The molecular weight excluding hydrogens is 322 g/mol. The van der Waals surface area contributed by atoms with Crippen molar-refractivity contribution in [1.82, 2.24) is 5.43 Å². The van der Waals surface area contributed by atoms with E-state index in [0.29, 0.717) is 0 Å². The Hall–Kier alpha value is -3.14. The first-order valence-electron chi connectivity index (χ1n) is 8.69. The summed E-state index contributed by atoms with van der Waals surface area (Å²) in [6.45, 7) is 5.74. The molecule has 0 radical (unpaired) electrons. The lowest BCUT2D eigenvalue weighted by Gasteiger charge is -2.14. The van der Waals surface area contributed by atoms with Gasteiger partial charge in [0.2, 0.25) is 0 Å². The monoisotopic (exact) mass is 345 g/mol. The molecule has 2 N–H and O–H groups in total. The highest BCUT2D eigenvalue weighted by Crippen LogP contribution is 2.19. The molecule has 26 heavy (non-hydrogen) atoms. The van der Waals surface area contributed by atoms with Crippen LogP contribution in [0.25, 0.3) is 10.8 Å². The summed E-state index contributed by atoms with van der Waals surface area (Å²) in [5.74, 6) is -0.176. The molecule has 0 saturated heterocycles. The quantitative estimate of drug-likeness (QED) is 0.529. The third-order valence-corrected chi connectivity index (χ3v) is 4.33. The van der Waals surface area contributed by atoms with E-state index in [1.165, 1.54) is 10.9 Å². The van der Waals surface area contributed by atoms with E-state index in [-0.39, 0.29) is 5.91 Å². The van der Waals surface area contributed by atoms with E-state index in [9.17, 15) is 4.79 Å². The number of aryl methyl sites for hydroxylation is 1. The summed E-state index contributed by atoms with van der Waals surface area (Å²) in [7, 11) is 0. The number of carbonyl (C=O) groups is 1. The van der Waals surface area contributed by atoms with Crippen LogP contribution in [0.15, 0.2) is 71.8 Å². The van der Waals surface area contributed by atoms with Gasteiger partial charge in [0, 0.05) is 5.69 Å². The predicted octanol–water partition coefficient (Wildman–Crippen LogP) is 4.49. The van der Waals surface area contributed by atoms with Crippen molar-refractivity contribution in [3.05, 3.63) is 77.9 Å². The molecule has 3 aromatic carbocycles. The van der Waals surface area contributed by atoms with Crippen LogP contribution >= 0.6 is 0 Å². The number of anilines is 1. The lowest BCUT2D eigenvalue weighted by molar-refractivity contribution is -0.121. The zero-order valence-corrected chi connectivity index (χ0v) is 15.3. The van der Waals surface area contributed by atoms with Crippen LogP contribution in [0.5, 0.6) is 0 Å². The highest BCUT2D eigenvalue weighted by Gasteiger charge is 2.12. The molecule has 132 valence electrons. The average molecular weight is 345 g/mol. The molecule has 0 unspecified atom stereocenters. The minimum Gasteiger partial charge on any atom is -0.374 e. The van der Waals surface area contributed by atoms with Crippen molar-refractivity contribution in [3.63, 3.8) is 0 Å². The van der Waals surface area contributed by atoms with Crippen molar-refractivity contribution < 1.29 is 4.79 Å². The predicted molar refractivity (Wildman–Crippen MR) is 109 cm³/mol. The van der Waals surface area contributed by atoms with Crippen molar-refractivity contribution in [2.75, 3.05) is 5.32 Å². The Morgan fingerprint density at radius 3 is 2.38 bits per heavy atom. The average Bonchev–Trinajstić information content (AvgIpc) is 2.66. The number of carbonyl (C=O) groups excluding carboxylic acids is 1. The fourth-order valence-electron chi connectivity index (χ4n) is 2.69. The van der Waals surface area contributed by atoms with Crippen LogP contribution in [0.3, 0.4) is 0 Å². The minimum atomic E-state index is -0.397. The zero-order valence-electron chi connectivity index (χ0n) is 15.3. The largest absolute Gasteiger partial charge is 0.374 e. The molecule has 0 aliphatic carbocycles. The first-order valence-corrected chi connectivity index (χ1v) is 8.69. The fraction of sp³-hybridized carbons (Fsp3) is 0.182. The summed E-state index contributed by atoms with van der Waals surface area (Å²) in [5.41, 5.74) is 6.51. The van der Waals surface area contributed by atoms with E-state index in [4.69, 9.17) is 0 Å². The summed E-state index contributed by atoms with van der Waals surface area (Å²) in [5, 5.41) is 9.75. The Morgan fingerprint density at radius 2 is 1.65 bits per heavy atom. The summed E-state index contributed by atoms with van der Waals surface area (Å²) in [6, 6.07) is 21.9. The zero-order chi connectivity index (χ0) is 18.5. The number of amides is 1. The third-order valence-electron chi connectivity index (χ3n) is 4.33. The molecule has 4 heteroatoms. The van der Waals surface area contributed by atoms with Gasteiger partial charge in [-0.05, 0) is 49.2 Å². The van der Waals surface area contributed by atoms with Gasteiger partial charge in [-0.25, -0.2) is 5.43 Å². The number of nitrogens with one attached hydrogen (secondary N) is 2. The first-order chi connectivity index (χ1) is 12.5. The topological polar surface area (TPSA) is 53.5 Å². The van der Waals surface area contributed by atoms with Crippen molar-refractivity contribution in [2.24, 2.45) is 5.10 Å². The maximum Gasteiger partial charge on any atom is 0.262 e. The Kier molecular flexibility index (Phi) is 5.32. The lowest BCUT2D eigenvalue weighted by atomic mass is 10.1. The van der Waals surface area contributed by atoms with Gasteiger partial charge in [0.05, 0.1) is 5.71 Å². The first kappa shape index (κ1) is 17.7. The number of fused-ring (bicyclic) bond motifs is 1. The van der Waals surface area contributed by atoms with Gasteiger partial charge in [0.15, 0.2) is 0 Å². The van der Waals surface area contributed by atoms with Gasteiger partial charge in [-0.15, -0.1) is 0 Å². The van der Waals surface area contributed by atoms with Gasteiger partial charge in [-0.2, -0.15) is 5.10 Å². The van der Waals surface area contributed by atoms with Crippen LogP contribution < -0.4 is 10.7 Å². The maximum absolute atomic E-state index is 12.3. The molecule has 0 heterocycles. The molecule has 4 nitrogen and oxygen atoms in total. The molecule has 0 bridgehead atoms. The number of hydrazone groups is 1. The summed E-state index contributed by atoms with van der Waals surface area (Å²) in [6.07, 6.45) is 0. The second-order valence-corrected chi connectivity index (χ2v) is 6.47. The molecule has 0 aliphatic rings. The molecule has 0 saturated carbocycles. The van der Waals surface area contributed by atoms with E-state index in [0.717, 1.165) is 22.3 Å². The molecule has 1 atom stereocenters. The molecule has 0 spiro atoms. The standard InChI is InChI=1S/C22H23N3O/c1-15-8-10-18(11-9-15)16(2)24-25-22(26)17(3)23-21-13-12-19-6-4-5-7-20(19)14-21/h4-14,17,23H,1-3H3,(H,25,26)/b24-16-/t17-/m1/s1. The van der Waals surface area contributed by atoms with Crippen molar-refractivity contribution >= 4 is 28.1 Å². The van der Waals surface area contributed by atoms with Crippen LogP contribution in [0, 0.1) is 6.92 Å². The van der Waals surface area contributed by atoms with Crippen LogP contribution in [0.2, 0.25) is 0 Å². The molecule has 0 aliphatic heterocycles. The van der Waals surface area contributed by atoms with Crippen LogP contribution in [-0.4, -0.2) is 17.7 Å². The van der Waals surface area contributed by atoms with Gasteiger partial charge in [-0.1, -0.05) is 60.2 Å². The van der Waals surface area contributed by atoms with Gasteiger partial charge >= 0.3 is 0 Å². The van der Waals surface area contributed by atoms with E-state index in [1.54, 1.807) is 0 Å². The molecule has 1 amide bonds. The van der Waals surface area contributed by atoms with Gasteiger partial charge in [0.25, 0.3) is 5.91 Å². The van der Waals surface area contributed by atoms with Crippen LogP contribution in [-0.2, 0) is 4.79 Å². The Labute approximate surface area is 153 Å². The van der Waals surface area contributed by atoms with Gasteiger partial charge < -0.3 is 5.32 Å². The number of hydrogen-bond donors (Lipinski definition) is 2. The summed E-state index contributed by atoms with van der Waals surface area (Å²) in [4.78, 5) is 12.3. The second-order valence-electron chi connectivity index (χ2n) is 6.47. The maximum atomic E-state index is 12.3. The number of hydrogen-bond acceptors (Lipinski definition) is 3. The SMILES string of the molecule is C/C(=N/NC(=O)[C@@H](C)Nc1ccc2ccccc2c1)c1ccc(C)cc1. The Morgan fingerprint density at radius 1 is 0.962 bits per heavy atom. The van der Waals surface area contributed by atoms with E-state index in [2.05, 4.69) is 28.0 Å². The lowest BCUT2D eigenvalue weighted by Crippen LogP contribution is -2.35. The highest BCUT2D eigenvalue weighted by molar-refractivity contribution is 5.99. The van der Waals surface area contributed by atoms with Crippen LogP contribution in [0.1, 0.15) is 25.0 Å². The molecule has 0 aromatic heterocycles. The third kappa shape index (κ3) is 4.28.